The third-order valence-corrected chi connectivity index (χ3v) is 2.57. The summed E-state index contributed by atoms with van der Waals surface area (Å²) in [5, 5.41) is 9.11. The van der Waals surface area contributed by atoms with Crippen LogP contribution in [0.1, 0.15) is 18.9 Å². The Morgan fingerprint density at radius 1 is 1.37 bits per heavy atom. The molecular formula is C15H13FN2O. The molecule has 0 aliphatic carbocycles. The van der Waals surface area contributed by atoms with Crippen LogP contribution in [0.3, 0.4) is 0 Å². The van der Waals surface area contributed by atoms with Crippen LogP contribution in [0.2, 0.25) is 0 Å². The minimum Gasteiger partial charge on any atom is -0.491 e. The van der Waals surface area contributed by atoms with Crippen LogP contribution in [0.4, 0.5) is 4.39 Å². The number of aromatic nitrogens is 1. The lowest BCUT2D eigenvalue weighted by Crippen LogP contribution is -1.98. The molecular weight excluding hydrogens is 243 g/mol. The molecule has 0 N–H and O–H groups in total. The Morgan fingerprint density at radius 2 is 2.21 bits per heavy atom. The van der Waals surface area contributed by atoms with Gasteiger partial charge in [0, 0.05) is 5.56 Å². The lowest BCUT2D eigenvalue weighted by Gasteiger charge is -2.08. The Balaban J connectivity index is 2.37. The van der Waals surface area contributed by atoms with Crippen LogP contribution in [0.25, 0.3) is 11.3 Å². The summed E-state index contributed by atoms with van der Waals surface area (Å²) in [4.78, 5) is 4.21. The Labute approximate surface area is 111 Å². The van der Waals surface area contributed by atoms with Gasteiger partial charge in [0.25, 0.3) is 0 Å². The average Bonchev–Trinajstić information content (AvgIpc) is 2.45. The molecule has 0 unspecified atom stereocenters. The number of hydrogen-bond acceptors (Lipinski definition) is 3. The number of nitriles is 1. The van der Waals surface area contributed by atoms with Crippen molar-refractivity contribution < 1.29 is 9.13 Å². The molecule has 0 radical (unpaired) electrons. The Bertz CT molecular complexity index is 620. The summed E-state index contributed by atoms with van der Waals surface area (Å²) in [7, 11) is 0. The van der Waals surface area contributed by atoms with Crippen LogP contribution >= 0.6 is 0 Å². The Kier molecular flexibility index (Phi) is 4.09. The van der Waals surface area contributed by atoms with E-state index < -0.39 is 0 Å². The minimum absolute atomic E-state index is 0.330. The summed E-state index contributed by atoms with van der Waals surface area (Å²) in [5.41, 5.74) is 1.60. The summed E-state index contributed by atoms with van der Waals surface area (Å²) in [6.07, 6.45) is 2.37. The highest BCUT2D eigenvalue weighted by Crippen LogP contribution is 2.24. The molecule has 1 aromatic carbocycles. The van der Waals surface area contributed by atoms with Gasteiger partial charge < -0.3 is 4.74 Å². The number of halogens is 1. The molecule has 19 heavy (non-hydrogen) atoms. The van der Waals surface area contributed by atoms with E-state index >= 15 is 0 Å². The van der Waals surface area contributed by atoms with Crippen LogP contribution in [0.5, 0.6) is 5.75 Å². The molecule has 0 fully saturated rings. The van der Waals surface area contributed by atoms with E-state index in [9.17, 15) is 4.39 Å². The fourth-order valence-electron chi connectivity index (χ4n) is 1.66. The van der Waals surface area contributed by atoms with Crippen molar-refractivity contribution in [2.24, 2.45) is 0 Å². The molecule has 0 spiro atoms. The molecule has 3 nitrogen and oxygen atoms in total. The monoisotopic (exact) mass is 256 g/mol. The highest BCUT2D eigenvalue weighted by molar-refractivity contribution is 5.62. The first kappa shape index (κ1) is 13.0. The van der Waals surface area contributed by atoms with Gasteiger partial charge in [-0.2, -0.15) is 5.26 Å². The van der Waals surface area contributed by atoms with Gasteiger partial charge in [0.15, 0.2) is 5.75 Å². The van der Waals surface area contributed by atoms with Crippen LogP contribution in [-0.2, 0) is 0 Å². The van der Waals surface area contributed by atoms with Crippen molar-refractivity contribution in [3.05, 3.63) is 47.9 Å². The maximum absolute atomic E-state index is 13.2. The van der Waals surface area contributed by atoms with E-state index in [1.54, 1.807) is 18.2 Å². The average molecular weight is 256 g/mol. The number of ether oxygens (including phenoxy) is 1. The smallest absolute Gasteiger partial charge is 0.155 e. The van der Waals surface area contributed by atoms with Gasteiger partial charge >= 0.3 is 0 Å². The molecule has 0 bridgehead atoms. The van der Waals surface area contributed by atoms with Gasteiger partial charge in [-0.25, -0.2) is 4.39 Å². The van der Waals surface area contributed by atoms with Crippen molar-refractivity contribution in [1.29, 1.82) is 5.26 Å². The third-order valence-electron chi connectivity index (χ3n) is 2.57. The number of hydrogen-bond donors (Lipinski definition) is 0. The first-order valence-corrected chi connectivity index (χ1v) is 6.03. The third kappa shape index (κ3) is 3.08. The summed E-state index contributed by atoms with van der Waals surface area (Å²) < 4.78 is 18.6. The SMILES string of the molecule is CCCOc1cnc(-c2cccc(F)c2)cc1C#N. The van der Waals surface area contributed by atoms with E-state index in [1.807, 2.05) is 6.92 Å². The lowest BCUT2D eigenvalue weighted by atomic mass is 10.1. The fraction of sp³-hybridized carbons (Fsp3) is 0.200. The lowest BCUT2D eigenvalue weighted by molar-refractivity contribution is 0.315. The van der Waals surface area contributed by atoms with Crippen LogP contribution < -0.4 is 4.74 Å². The Morgan fingerprint density at radius 3 is 2.89 bits per heavy atom. The summed E-state index contributed by atoms with van der Waals surface area (Å²) in [6, 6.07) is 9.79. The normalized spacial score (nSPS) is 9.95. The molecule has 0 saturated carbocycles. The Hall–Kier alpha value is -2.41. The molecule has 0 amide bonds. The van der Waals surface area contributed by atoms with Crippen molar-refractivity contribution in [1.82, 2.24) is 4.98 Å². The second-order valence-corrected chi connectivity index (χ2v) is 4.04. The molecule has 2 rings (SSSR count). The largest absolute Gasteiger partial charge is 0.491 e. The predicted octanol–water partition coefficient (Wildman–Crippen LogP) is 3.55. The van der Waals surface area contributed by atoms with Gasteiger partial charge in [-0.15, -0.1) is 0 Å². The number of pyridine rings is 1. The molecule has 4 heteroatoms. The van der Waals surface area contributed by atoms with E-state index in [0.717, 1.165) is 6.42 Å². The van der Waals surface area contributed by atoms with Crippen molar-refractivity contribution in [2.45, 2.75) is 13.3 Å². The maximum atomic E-state index is 13.2. The van der Waals surface area contributed by atoms with E-state index in [0.29, 0.717) is 29.2 Å². The standard InChI is InChI=1S/C15H13FN2O/c1-2-6-19-15-10-18-14(8-12(15)9-17)11-4-3-5-13(16)7-11/h3-5,7-8,10H,2,6H2,1H3. The molecule has 1 aromatic heterocycles. The molecule has 0 atom stereocenters. The quantitative estimate of drug-likeness (QED) is 0.840. The summed E-state index contributed by atoms with van der Waals surface area (Å²) in [6.45, 7) is 2.52. The second kappa shape index (κ2) is 5.96. The van der Waals surface area contributed by atoms with Gasteiger partial charge in [0.1, 0.15) is 11.9 Å². The van der Waals surface area contributed by atoms with E-state index in [2.05, 4.69) is 11.1 Å². The first-order valence-electron chi connectivity index (χ1n) is 6.03. The zero-order valence-corrected chi connectivity index (χ0v) is 10.6. The zero-order chi connectivity index (χ0) is 13.7. The minimum atomic E-state index is -0.330. The molecule has 0 aliphatic heterocycles. The van der Waals surface area contributed by atoms with Crippen LogP contribution in [-0.4, -0.2) is 11.6 Å². The highest BCUT2D eigenvalue weighted by Gasteiger charge is 2.08. The number of benzene rings is 1. The highest BCUT2D eigenvalue weighted by atomic mass is 19.1. The van der Waals surface area contributed by atoms with Crippen molar-refractivity contribution in [3.8, 4) is 23.1 Å². The molecule has 2 aromatic rings. The molecule has 96 valence electrons. The second-order valence-electron chi connectivity index (χ2n) is 4.04. The van der Waals surface area contributed by atoms with Crippen LogP contribution in [0.15, 0.2) is 36.5 Å². The van der Waals surface area contributed by atoms with E-state index in [1.165, 1.54) is 18.3 Å². The van der Waals surface area contributed by atoms with Crippen molar-refractivity contribution >= 4 is 0 Å². The molecule has 0 saturated heterocycles. The number of rotatable bonds is 4. The molecule has 1 heterocycles. The fourth-order valence-corrected chi connectivity index (χ4v) is 1.66. The molecule has 0 aliphatic rings. The summed E-state index contributed by atoms with van der Waals surface area (Å²) in [5.74, 6) is 0.133. The topological polar surface area (TPSA) is 45.9 Å². The van der Waals surface area contributed by atoms with Crippen molar-refractivity contribution in [3.63, 3.8) is 0 Å². The van der Waals surface area contributed by atoms with E-state index in [-0.39, 0.29) is 5.82 Å². The van der Waals surface area contributed by atoms with Gasteiger partial charge in [0.05, 0.1) is 24.1 Å². The number of nitrogens with zero attached hydrogens (tertiary/aromatic N) is 2. The first-order chi connectivity index (χ1) is 9.24. The van der Waals surface area contributed by atoms with E-state index in [4.69, 9.17) is 10.00 Å². The van der Waals surface area contributed by atoms with Crippen LogP contribution in [0, 0.1) is 17.1 Å². The summed E-state index contributed by atoms with van der Waals surface area (Å²) >= 11 is 0. The maximum Gasteiger partial charge on any atom is 0.155 e. The zero-order valence-electron chi connectivity index (χ0n) is 10.6. The van der Waals surface area contributed by atoms with Gasteiger partial charge in [-0.05, 0) is 24.6 Å². The van der Waals surface area contributed by atoms with Crippen molar-refractivity contribution in [2.75, 3.05) is 6.61 Å². The van der Waals surface area contributed by atoms with Gasteiger partial charge in [-0.3, -0.25) is 4.98 Å². The predicted molar refractivity (Wildman–Crippen MR) is 70.1 cm³/mol. The van der Waals surface area contributed by atoms with Gasteiger partial charge in [-0.1, -0.05) is 19.1 Å². The van der Waals surface area contributed by atoms with Gasteiger partial charge in [0.2, 0.25) is 0 Å².